The standard InChI is InChI=1S/C22H13NO2/c24-23(25)21-11-5-10-18-16-8-3-4-9-17(16)19-12-14-6-1-2-7-15(14)13-20(19)22(18)21/h1-13H. The minimum atomic E-state index is -0.286. The van der Waals surface area contributed by atoms with E-state index in [0.29, 0.717) is 5.39 Å². The molecule has 3 nitrogen and oxygen atoms in total. The molecule has 0 aliphatic rings. The Morgan fingerprint density at radius 3 is 1.84 bits per heavy atom. The van der Waals surface area contributed by atoms with Gasteiger partial charge in [0.25, 0.3) is 5.69 Å². The highest BCUT2D eigenvalue weighted by Crippen LogP contribution is 2.40. The van der Waals surface area contributed by atoms with Crippen LogP contribution >= 0.6 is 0 Å². The fourth-order valence-corrected chi connectivity index (χ4v) is 3.82. The minimum absolute atomic E-state index is 0.156. The second kappa shape index (κ2) is 5.02. The number of rotatable bonds is 1. The summed E-state index contributed by atoms with van der Waals surface area (Å²) in [5.41, 5.74) is 0.156. The monoisotopic (exact) mass is 323 g/mol. The average molecular weight is 323 g/mol. The van der Waals surface area contributed by atoms with Crippen molar-refractivity contribution in [1.82, 2.24) is 0 Å². The third kappa shape index (κ3) is 1.93. The van der Waals surface area contributed by atoms with Gasteiger partial charge in [-0.1, -0.05) is 60.7 Å². The number of nitro benzene ring substituents is 1. The van der Waals surface area contributed by atoms with E-state index < -0.39 is 0 Å². The van der Waals surface area contributed by atoms with E-state index in [4.69, 9.17) is 0 Å². The second-order valence-electron chi connectivity index (χ2n) is 6.25. The molecule has 5 aromatic carbocycles. The molecule has 0 saturated heterocycles. The molecule has 0 aromatic heterocycles. The Hall–Kier alpha value is -3.46. The lowest BCUT2D eigenvalue weighted by molar-refractivity contribution is -0.383. The fraction of sp³-hybridized carbons (Fsp3) is 0. The van der Waals surface area contributed by atoms with Gasteiger partial charge in [0, 0.05) is 6.07 Å². The van der Waals surface area contributed by atoms with Crippen LogP contribution in [0.4, 0.5) is 5.69 Å². The Balaban J connectivity index is 2.18. The van der Waals surface area contributed by atoms with Gasteiger partial charge in [-0.25, -0.2) is 0 Å². The maximum absolute atomic E-state index is 11.7. The predicted molar refractivity (Wildman–Crippen MR) is 103 cm³/mol. The van der Waals surface area contributed by atoms with E-state index in [0.717, 1.165) is 37.7 Å². The summed E-state index contributed by atoms with van der Waals surface area (Å²) in [4.78, 5) is 11.4. The molecule has 0 aliphatic carbocycles. The summed E-state index contributed by atoms with van der Waals surface area (Å²) in [6.45, 7) is 0. The smallest absolute Gasteiger partial charge is 0.258 e. The summed E-state index contributed by atoms with van der Waals surface area (Å²) in [6, 6.07) is 25.8. The maximum atomic E-state index is 11.7. The summed E-state index contributed by atoms with van der Waals surface area (Å²) < 4.78 is 0. The number of hydrogen-bond donors (Lipinski definition) is 0. The summed E-state index contributed by atoms with van der Waals surface area (Å²) in [7, 11) is 0. The first-order valence-corrected chi connectivity index (χ1v) is 8.14. The fourth-order valence-electron chi connectivity index (χ4n) is 3.82. The Morgan fingerprint density at radius 2 is 1.16 bits per heavy atom. The Kier molecular flexibility index (Phi) is 2.80. The van der Waals surface area contributed by atoms with E-state index in [1.165, 1.54) is 0 Å². The second-order valence-corrected chi connectivity index (χ2v) is 6.25. The average Bonchev–Trinajstić information content (AvgIpc) is 2.66. The lowest BCUT2D eigenvalue weighted by Gasteiger charge is -2.11. The van der Waals surface area contributed by atoms with Gasteiger partial charge in [-0.15, -0.1) is 0 Å². The molecule has 5 aromatic rings. The van der Waals surface area contributed by atoms with Crippen LogP contribution in [0.2, 0.25) is 0 Å². The van der Waals surface area contributed by atoms with Crippen molar-refractivity contribution < 1.29 is 4.92 Å². The first-order valence-electron chi connectivity index (χ1n) is 8.14. The van der Waals surface area contributed by atoms with Crippen molar-refractivity contribution in [3.63, 3.8) is 0 Å². The van der Waals surface area contributed by atoms with Crippen LogP contribution in [0, 0.1) is 10.1 Å². The van der Waals surface area contributed by atoms with Crippen molar-refractivity contribution in [2.75, 3.05) is 0 Å². The highest BCUT2D eigenvalue weighted by atomic mass is 16.6. The van der Waals surface area contributed by atoms with Crippen LogP contribution in [0.3, 0.4) is 0 Å². The Bertz CT molecular complexity index is 1320. The molecule has 0 bridgehead atoms. The van der Waals surface area contributed by atoms with Gasteiger partial charge >= 0.3 is 0 Å². The van der Waals surface area contributed by atoms with E-state index in [1.807, 2.05) is 42.5 Å². The van der Waals surface area contributed by atoms with Crippen LogP contribution in [-0.2, 0) is 0 Å². The zero-order chi connectivity index (χ0) is 17.0. The normalized spacial score (nSPS) is 11.5. The van der Waals surface area contributed by atoms with E-state index in [2.05, 4.69) is 24.3 Å². The van der Waals surface area contributed by atoms with Gasteiger partial charge in [-0.05, 0) is 49.8 Å². The summed E-state index contributed by atoms with van der Waals surface area (Å²) in [5.74, 6) is 0. The quantitative estimate of drug-likeness (QED) is 0.159. The van der Waals surface area contributed by atoms with Crippen molar-refractivity contribution in [1.29, 1.82) is 0 Å². The van der Waals surface area contributed by atoms with Gasteiger partial charge in [-0.3, -0.25) is 10.1 Å². The lowest BCUT2D eigenvalue weighted by Crippen LogP contribution is -1.92. The zero-order valence-corrected chi connectivity index (χ0v) is 13.3. The molecule has 0 amide bonds. The molecule has 3 heteroatoms. The Morgan fingerprint density at radius 1 is 0.600 bits per heavy atom. The predicted octanol–water partition coefficient (Wildman–Crippen LogP) is 6.21. The molecule has 118 valence electrons. The first-order chi connectivity index (χ1) is 12.2. The van der Waals surface area contributed by atoms with Crippen molar-refractivity contribution in [3.8, 4) is 0 Å². The number of benzene rings is 5. The molecule has 0 heterocycles. The molecular formula is C22H13NO2. The van der Waals surface area contributed by atoms with E-state index in [1.54, 1.807) is 12.1 Å². The van der Waals surface area contributed by atoms with Gasteiger partial charge in [0.15, 0.2) is 0 Å². The molecular weight excluding hydrogens is 310 g/mol. The summed E-state index contributed by atoms with van der Waals surface area (Å²) in [5, 5.41) is 19.7. The lowest BCUT2D eigenvalue weighted by atomic mass is 9.91. The molecule has 0 spiro atoms. The molecule has 0 aliphatic heterocycles. The third-order valence-electron chi connectivity index (χ3n) is 4.90. The SMILES string of the molecule is O=[N+]([O-])c1cccc2c3ccccc3c3cc4ccccc4cc3c12. The van der Waals surface area contributed by atoms with Crippen LogP contribution in [0.5, 0.6) is 0 Å². The van der Waals surface area contributed by atoms with E-state index in [9.17, 15) is 10.1 Å². The van der Waals surface area contributed by atoms with Gasteiger partial charge < -0.3 is 0 Å². The molecule has 0 saturated carbocycles. The molecule has 0 N–H and O–H groups in total. The van der Waals surface area contributed by atoms with Crippen LogP contribution in [-0.4, -0.2) is 4.92 Å². The number of hydrogen-bond acceptors (Lipinski definition) is 2. The third-order valence-corrected chi connectivity index (χ3v) is 4.90. The largest absolute Gasteiger partial charge is 0.277 e. The number of non-ortho nitro benzene ring substituents is 1. The summed E-state index contributed by atoms with van der Waals surface area (Å²) >= 11 is 0. The summed E-state index contributed by atoms with van der Waals surface area (Å²) in [6.07, 6.45) is 0. The van der Waals surface area contributed by atoms with Gasteiger partial charge in [0.2, 0.25) is 0 Å². The topological polar surface area (TPSA) is 43.1 Å². The number of fused-ring (bicyclic) bond motifs is 7. The maximum Gasteiger partial charge on any atom is 0.277 e. The van der Waals surface area contributed by atoms with Crippen molar-refractivity contribution >= 4 is 48.8 Å². The van der Waals surface area contributed by atoms with Crippen LogP contribution in [0.15, 0.2) is 78.9 Å². The molecule has 0 radical (unpaired) electrons. The van der Waals surface area contributed by atoms with E-state index >= 15 is 0 Å². The molecule has 5 rings (SSSR count). The molecule has 25 heavy (non-hydrogen) atoms. The van der Waals surface area contributed by atoms with Crippen LogP contribution < -0.4 is 0 Å². The van der Waals surface area contributed by atoms with Crippen LogP contribution in [0.25, 0.3) is 43.1 Å². The van der Waals surface area contributed by atoms with E-state index in [-0.39, 0.29) is 10.6 Å². The van der Waals surface area contributed by atoms with Gasteiger partial charge in [0.1, 0.15) is 0 Å². The molecule has 0 fully saturated rings. The molecule has 0 atom stereocenters. The number of nitrogens with zero attached hydrogens (tertiary/aromatic N) is 1. The minimum Gasteiger partial charge on any atom is -0.258 e. The Labute approximate surface area is 143 Å². The molecule has 0 unspecified atom stereocenters. The highest BCUT2D eigenvalue weighted by molar-refractivity contribution is 6.29. The van der Waals surface area contributed by atoms with Crippen molar-refractivity contribution in [2.45, 2.75) is 0 Å². The zero-order valence-electron chi connectivity index (χ0n) is 13.3. The first kappa shape index (κ1) is 13.9. The van der Waals surface area contributed by atoms with Crippen LogP contribution in [0.1, 0.15) is 0 Å². The van der Waals surface area contributed by atoms with Crippen molar-refractivity contribution in [2.24, 2.45) is 0 Å². The highest BCUT2D eigenvalue weighted by Gasteiger charge is 2.17. The number of nitro groups is 1. The van der Waals surface area contributed by atoms with Crippen molar-refractivity contribution in [3.05, 3.63) is 89.0 Å². The van der Waals surface area contributed by atoms with Gasteiger partial charge in [-0.2, -0.15) is 0 Å². The van der Waals surface area contributed by atoms with Gasteiger partial charge in [0.05, 0.1) is 10.3 Å².